The fourth-order valence-corrected chi connectivity index (χ4v) is 1.99. The van der Waals surface area contributed by atoms with E-state index in [0.29, 0.717) is 19.6 Å². The Morgan fingerprint density at radius 1 is 1.39 bits per heavy atom. The Labute approximate surface area is 117 Å². The molecular weight excluding hydrogens is 294 g/mol. The average molecular weight is 314 g/mol. The van der Waals surface area contributed by atoms with E-state index < -0.39 is 0 Å². The first-order valence-electron chi connectivity index (χ1n) is 6.07. The van der Waals surface area contributed by atoms with Crippen molar-refractivity contribution < 1.29 is 9.53 Å². The molecule has 0 fully saturated rings. The van der Waals surface area contributed by atoms with Crippen LogP contribution in [-0.4, -0.2) is 31.0 Å². The lowest BCUT2D eigenvalue weighted by Gasteiger charge is -2.10. The van der Waals surface area contributed by atoms with E-state index in [4.69, 9.17) is 4.74 Å². The summed E-state index contributed by atoms with van der Waals surface area (Å²) in [5, 5.41) is 2.88. The van der Waals surface area contributed by atoms with Gasteiger partial charge in [-0.05, 0) is 18.9 Å². The van der Waals surface area contributed by atoms with Crippen molar-refractivity contribution in [2.75, 3.05) is 20.3 Å². The van der Waals surface area contributed by atoms with E-state index in [2.05, 4.69) is 52.4 Å². The number of nitrogens with one attached hydrogen (secondary N) is 1. The maximum absolute atomic E-state index is 11.6. The van der Waals surface area contributed by atoms with Gasteiger partial charge in [0.15, 0.2) is 0 Å². The zero-order chi connectivity index (χ0) is 13.4. The molecule has 1 aromatic rings. The average Bonchev–Trinajstić information content (AvgIpc) is 2.36. The van der Waals surface area contributed by atoms with Gasteiger partial charge in [0, 0.05) is 20.1 Å². The molecule has 1 rings (SSSR count). The molecule has 0 bridgehead atoms. The summed E-state index contributed by atoms with van der Waals surface area (Å²) in [6.07, 6.45) is 1.30. The van der Waals surface area contributed by atoms with Gasteiger partial charge in [0.1, 0.15) is 0 Å². The van der Waals surface area contributed by atoms with Gasteiger partial charge in [-0.15, -0.1) is 0 Å². The number of methoxy groups -OCH3 is 1. The minimum Gasteiger partial charge on any atom is -0.383 e. The molecule has 0 radical (unpaired) electrons. The predicted octanol–water partition coefficient (Wildman–Crippen LogP) is 2.45. The number of aryl methyl sites for hydroxylation is 2. The number of halogens is 1. The molecule has 4 heteroatoms. The van der Waals surface area contributed by atoms with Gasteiger partial charge in [0.25, 0.3) is 0 Å². The van der Waals surface area contributed by atoms with E-state index in [-0.39, 0.29) is 10.7 Å². The lowest BCUT2D eigenvalue weighted by molar-refractivity contribution is -0.121. The van der Waals surface area contributed by atoms with Gasteiger partial charge in [-0.2, -0.15) is 0 Å². The molecule has 0 spiro atoms. The fourth-order valence-electron chi connectivity index (χ4n) is 1.57. The molecule has 0 aliphatic heterocycles. The van der Waals surface area contributed by atoms with Crippen LogP contribution in [0.15, 0.2) is 24.3 Å². The summed E-state index contributed by atoms with van der Waals surface area (Å²) in [6.45, 7) is 3.25. The maximum atomic E-state index is 11.6. The second kappa shape index (κ2) is 8.27. The molecule has 0 aliphatic carbocycles. The third-order valence-electron chi connectivity index (χ3n) is 2.63. The molecule has 1 N–H and O–H groups in total. The summed E-state index contributed by atoms with van der Waals surface area (Å²) in [7, 11) is 1.65. The fraction of sp³-hybridized carbons (Fsp3) is 0.500. The Bertz CT molecular complexity index is 365. The summed E-state index contributed by atoms with van der Waals surface area (Å²) in [5.41, 5.74) is 2.44. The van der Waals surface area contributed by atoms with Crippen LogP contribution in [0, 0.1) is 6.92 Å². The molecule has 1 atom stereocenters. The van der Waals surface area contributed by atoms with E-state index >= 15 is 0 Å². The molecule has 1 aromatic carbocycles. The summed E-state index contributed by atoms with van der Waals surface area (Å²) in [4.78, 5) is 11.8. The van der Waals surface area contributed by atoms with E-state index in [1.165, 1.54) is 11.1 Å². The Kier molecular flexibility index (Phi) is 6.98. The standard InChI is InChI=1S/C14H20BrNO2/c1-11-3-5-12(6-4-11)7-8-14(17)16-9-13(15)10-18-2/h3-6,13H,7-10H2,1-2H3,(H,16,17). The molecule has 1 unspecified atom stereocenters. The minimum absolute atomic E-state index is 0.0797. The first-order valence-corrected chi connectivity index (χ1v) is 6.98. The van der Waals surface area contributed by atoms with E-state index in [1.807, 2.05) is 0 Å². The smallest absolute Gasteiger partial charge is 0.220 e. The molecule has 0 heterocycles. The normalized spacial score (nSPS) is 12.2. The van der Waals surface area contributed by atoms with Crippen molar-refractivity contribution in [1.29, 1.82) is 0 Å². The highest BCUT2D eigenvalue weighted by Gasteiger charge is 2.06. The highest BCUT2D eigenvalue weighted by Crippen LogP contribution is 2.06. The first kappa shape index (κ1) is 15.2. The van der Waals surface area contributed by atoms with Crippen molar-refractivity contribution in [2.45, 2.75) is 24.6 Å². The van der Waals surface area contributed by atoms with Crippen LogP contribution in [0.4, 0.5) is 0 Å². The highest BCUT2D eigenvalue weighted by molar-refractivity contribution is 9.09. The van der Waals surface area contributed by atoms with Crippen LogP contribution in [-0.2, 0) is 16.0 Å². The first-order chi connectivity index (χ1) is 8.61. The second-order valence-corrected chi connectivity index (χ2v) is 5.64. The zero-order valence-electron chi connectivity index (χ0n) is 10.9. The third-order valence-corrected chi connectivity index (χ3v) is 3.22. The third kappa shape index (κ3) is 6.17. The Hall–Kier alpha value is -0.870. The summed E-state index contributed by atoms with van der Waals surface area (Å²) >= 11 is 3.43. The maximum Gasteiger partial charge on any atom is 0.220 e. The number of amides is 1. The van der Waals surface area contributed by atoms with Crippen molar-refractivity contribution in [3.05, 3.63) is 35.4 Å². The lowest BCUT2D eigenvalue weighted by Crippen LogP contribution is -2.31. The number of alkyl halides is 1. The Morgan fingerprint density at radius 2 is 2.06 bits per heavy atom. The van der Waals surface area contributed by atoms with E-state index in [9.17, 15) is 4.79 Å². The summed E-state index contributed by atoms with van der Waals surface area (Å²) in [6, 6.07) is 8.28. The zero-order valence-corrected chi connectivity index (χ0v) is 12.5. The minimum atomic E-state index is 0.0797. The van der Waals surface area contributed by atoms with E-state index in [1.54, 1.807) is 7.11 Å². The van der Waals surface area contributed by atoms with Crippen molar-refractivity contribution >= 4 is 21.8 Å². The van der Waals surface area contributed by atoms with Crippen molar-refractivity contribution in [2.24, 2.45) is 0 Å². The number of rotatable bonds is 7. The molecule has 0 aromatic heterocycles. The molecule has 18 heavy (non-hydrogen) atoms. The van der Waals surface area contributed by atoms with Crippen LogP contribution in [0.5, 0.6) is 0 Å². The van der Waals surface area contributed by atoms with Crippen LogP contribution in [0.25, 0.3) is 0 Å². The monoisotopic (exact) mass is 313 g/mol. The predicted molar refractivity (Wildman–Crippen MR) is 77.1 cm³/mol. The molecule has 100 valence electrons. The number of ether oxygens (including phenoxy) is 1. The van der Waals surface area contributed by atoms with Crippen molar-refractivity contribution in [3.8, 4) is 0 Å². The van der Waals surface area contributed by atoms with Gasteiger partial charge in [-0.3, -0.25) is 4.79 Å². The number of hydrogen-bond acceptors (Lipinski definition) is 2. The van der Waals surface area contributed by atoms with E-state index in [0.717, 1.165) is 6.42 Å². The molecule has 1 amide bonds. The van der Waals surface area contributed by atoms with Crippen molar-refractivity contribution in [3.63, 3.8) is 0 Å². The van der Waals surface area contributed by atoms with Crippen molar-refractivity contribution in [1.82, 2.24) is 5.32 Å². The second-order valence-electron chi connectivity index (χ2n) is 4.34. The van der Waals surface area contributed by atoms with Gasteiger partial charge < -0.3 is 10.1 Å². The van der Waals surface area contributed by atoms with Crippen LogP contribution in [0.2, 0.25) is 0 Å². The van der Waals surface area contributed by atoms with Crippen LogP contribution in [0.3, 0.4) is 0 Å². The number of carbonyl (C=O) groups is 1. The summed E-state index contributed by atoms with van der Waals surface area (Å²) < 4.78 is 4.98. The SMILES string of the molecule is COCC(Br)CNC(=O)CCc1ccc(C)cc1. The summed E-state index contributed by atoms with van der Waals surface area (Å²) in [5.74, 6) is 0.0797. The molecule has 3 nitrogen and oxygen atoms in total. The highest BCUT2D eigenvalue weighted by atomic mass is 79.9. The van der Waals surface area contributed by atoms with Crippen LogP contribution >= 0.6 is 15.9 Å². The van der Waals surface area contributed by atoms with Gasteiger partial charge in [-0.25, -0.2) is 0 Å². The number of benzene rings is 1. The largest absolute Gasteiger partial charge is 0.383 e. The lowest BCUT2D eigenvalue weighted by atomic mass is 10.1. The molecule has 0 saturated carbocycles. The molecular formula is C14H20BrNO2. The van der Waals surface area contributed by atoms with Gasteiger partial charge in [-0.1, -0.05) is 45.8 Å². The number of hydrogen-bond donors (Lipinski definition) is 1. The molecule has 0 aliphatic rings. The molecule has 0 saturated heterocycles. The van der Waals surface area contributed by atoms with Gasteiger partial charge in [0.05, 0.1) is 11.4 Å². The Balaban J connectivity index is 2.22. The van der Waals surface area contributed by atoms with Crippen LogP contribution < -0.4 is 5.32 Å². The Morgan fingerprint density at radius 3 is 2.67 bits per heavy atom. The topological polar surface area (TPSA) is 38.3 Å². The van der Waals surface area contributed by atoms with Gasteiger partial charge in [0.2, 0.25) is 5.91 Å². The van der Waals surface area contributed by atoms with Crippen LogP contribution in [0.1, 0.15) is 17.5 Å². The number of carbonyl (C=O) groups excluding carboxylic acids is 1. The van der Waals surface area contributed by atoms with Gasteiger partial charge >= 0.3 is 0 Å². The quantitative estimate of drug-likeness (QED) is 0.785.